The third-order valence-electron chi connectivity index (χ3n) is 4.32. The summed E-state index contributed by atoms with van der Waals surface area (Å²) in [5.41, 5.74) is 4.27. The molecular weight excluding hydrogens is 314 g/mol. The molecule has 1 aromatic carbocycles. The molecule has 0 unspecified atom stereocenters. The first-order valence-electron chi connectivity index (χ1n) is 8.00. The van der Waals surface area contributed by atoms with Crippen LogP contribution in [0.1, 0.15) is 0 Å². The normalized spacial score (nSPS) is 11.0. The highest BCUT2D eigenvalue weighted by molar-refractivity contribution is 5.95. The number of aryl methyl sites for hydroxylation is 2. The Balaban J connectivity index is 1.76. The van der Waals surface area contributed by atoms with Crippen LogP contribution in [0.15, 0.2) is 55.0 Å². The van der Waals surface area contributed by atoms with Crippen molar-refractivity contribution in [3.63, 3.8) is 0 Å². The van der Waals surface area contributed by atoms with Gasteiger partial charge in [-0.25, -0.2) is 4.98 Å². The van der Waals surface area contributed by atoms with Gasteiger partial charge >= 0.3 is 0 Å². The summed E-state index contributed by atoms with van der Waals surface area (Å²) in [7, 11) is 5.64. The van der Waals surface area contributed by atoms with Crippen molar-refractivity contribution in [2.45, 2.75) is 0 Å². The zero-order chi connectivity index (χ0) is 17.4. The van der Waals surface area contributed by atoms with E-state index >= 15 is 0 Å². The lowest BCUT2D eigenvalue weighted by molar-refractivity contribution is 0.415. The summed E-state index contributed by atoms with van der Waals surface area (Å²) < 4.78 is 9.17. The zero-order valence-corrected chi connectivity index (χ0v) is 14.4. The lowest BCUT2D eigenvalue weighted by atomic mass is 10.2. The van der Waals surface area contributed by atoms with Crippen molar-refractivity contribution < 1.29 is 4.74 Å². The third-order valence-corrected chi connectivity index (χ3v) is 4.32. The van der Waals surface area contributed by atoms with E-state index in [0.29, 0.717) is 0 Å². The molecule has 3 heterocycles. The zero-order valence-electron chi connectivity index (χ0n) is 14.4. The molecule has 0 saturated heterocycles. The van der Waals surface area contributed by atoms with Crippen molar-refractivity contribution in [3.8, 4) is 17.0 Å². The first kappa shape index (κ1) is 15.3. The van der Waals surface area contributed by atoms with Crippen molar-refractivity contribution in [2.24, 2.45) is 14.1 Å². The minimum atomic E-state index is 0.827. The van der Waals surface area contributed by atoms with Crippen molar-refractivity contribution in [2.75, 3.05) is 12.4 Å². The van der Waals surface area contributed by atoms with Crippen LogP contribution in [0.4, 0.5) is 11.5 Å². The predicted octanol–water partition coefficient (Wildman–Crippen LogP) is 3.73. The van der Waals surface area contributed by atoms with Crippen LogP contribution in [-0.4, -0.2) is 26.4 Å². The second-order valence-corrected chi connectivity index (χ2v) is 5.94. The highest BCUT2D eigenvalue weighted by Crippen LogP contribution is 2.31. The number of methoxy groups -OCH3 is 1. The summed E-state index contributed by atoms with van der Waals surface area (Å²) in [5, 5.41) is 8.73. The molecule has 0 bridgehead atoms. The summed E-state index contributed by atoms with van der Waals surface area (Å²) in [6, 6.07) is 12.0. The lowest BCUT2D eigenvalue weighted by Gasteiger charge is -2.08. The molecule has 126 valence electrons. The molecule has 1 N–H and O–H groups in total. The van der Waals surface area contributed by atoms with E-state index in [1.165, 1.54) is 0 Å². The van der Waals surface area contributed by atoms with E-state index in [1.807, 2.05) is 60.7 Å². The molecule has 0 spiro atoms. The topological polar surface area (TPSA) is 56.9 Å². The van der Waals surface area contributed by atoms with Crippen LogP contribution in [0, 0.1) is 0 Å². The van der Waals surface area contributed by atoms with Crippen LogP contribution in [0.25, 0.3) is 22.2 Å². The Kier molecular flexibility index (Phi) is 3.65. The minimum Gasteiger partial charge on any atom is -0.497 e. The van der Waals surface area contributed by atoms with Gasteiger partial charge in [0.15, 0.2) is 0 Å². The third kappa shape index (κ3) is 2.71. The van der Waals surface area contributed by atoms with Crippen LogP contribution in [0.3, 0.4) is 0 Å². The standard InChI is InChI=1S/C19H19N5O/c1-23-12-13(11-21-23)18-10-16-17(24(18)2)8-9-20-19(16)22-14-4-6-15(25-3)7-5-14/h4-12H,1-3H3,(H,20,22). The number of nitrogens with one attached hydrogen (secondary N) is 1. The molecule has 4 rings (SSSR count). The van der Waals surface area contributed by atoms with Gasteiger partial charge in [-0.1, -0.05) is 0 Å². The Bertz CT molecular complexity index is 1030. The molecule has 0 aliphatic heterocycles. The number of aromatic nitrogens is 4. The predicted molar refractivity (Wildman–Crippen MR) is 99.2 cm³/mol. The molecular formula is C19H19N5O. The molecule has 0 fully saturated rings. The summed E-state index contributed by atoms with van der Waals surface area (Å²) in [6.45, 7) is 0. The smallest absolute Gasteiger partial charge is 0.139 e. The number of hydrogen-bond donors (Lipinski definition) is 1. The van der Waals surface area contributed by atoms with Crippen LogP contribution in [0.5, 0.6) is 5.75 Å². The van der Waals surface area contributed by atoms with E-state index < -0.39 is 0 Å². The van der Waals surface area contributed by atoms with Gasteiger partial charge in [0.1, 0.15) is 11.6 Å². The minimum absolute atomic E-state index is 0.827. The average Bonchev–Trinajstić information content (AvgIpc) is 3.20. The number of nitrogens with zero attached hydrogens (tertiary/aromatic N) is 4. The second kappa shape index (κ2) is 5.98. The fourth-order valence-corrected chi connectivity index (χ4v) is 3.00. The van der Waals surface area contributed by atoms with E-state index in [-0.39, 0.29) is 0 Å². The fraction of sp³-hybridized carbons (Fsp3) is 0.158. The summed E-state index contributed by atoms with van der Waals surface area (Å²) in [5.74, 6) is 1.66. The van der Waals surface area contributed by atoms with Gasteiger partial charge in [-0.05, 0) is 36.4 Å². The van der Waals surface area contributed by atoms with Crippen LogP contribution in [0.2, 0.25) is 0 Å². The number of pyridine rings is 1. The molecule has 4 aromatic rings. The Hall–Kier alpha value is -3.28. The van der Waals surface area contributed by atoms with Crippen molar-refractivity contribution in [1.82, 2.24) is 19.3 Å². The molecule has 0 amide bonds. The molecule has 0 aliphatic rings. The van der Waals surface area contributed by atoms with E-state index in [0.717, 1.165) is 39.4 Å². The van der Waals surface area contributed by atoms with Gasteiger partial charge < -0.3 is 14.6 Å². The number of fused-ring (bicyclic) bond motifs is 1. The first-order chi connectivity index (χ1) is 12.2. The summed E-state index contributed by atoms with van der Waals surface area (Å²) in [4.78, 5) is 4.52. The average molecular weight is 333 g/mol. The molecule has 0 radical (unpaired) electrons. The van der Waals surface area contributed by atoms with Gasteiger partial charge in [-0.2, -0.15) is 5.10 Å². The van der Waals surface area contributed by atoms with Gasteiger partial charge in [-0.3, -0.25) is 4.68 Å². The van der Waals surface area contributed by atoms with Crippen LogP contribution in [-0.2, 0) is 14.1 Å². The van der Waals surface area contributed by atoms with E-state index in [4.69, 9.17) is 4.74 Å². The van der Waals surface area contributed by atoms with Crippen molar-refractivity contribution in [1.29, 1.82) is 0 Å². The first-order valence-corrected chi connectivity index (χ1v) is 8.00. The largest absolute Gasteiger partial charge is 0.497 e. The number of anilines is 2. The maximum atomic E-state index is 5.21. The quantitative estimate of drug-likeness (QED) is 0.618. The van der Waals surface area contributed by atoms with Gasteiger partial charge in [0.05, 0.1) is 24.5 Å². The molecule has 6 nitrogen and oxygen atoms in total. The van der Waals surface area contributed by atoms with E-state index in [2.05, 4.69) is 33.1 Å². The van der Waals surface area contributed by atoms with Crippen molar-refractivity contribution in [3.05, 3.63) is 55.0 Å². The summed E-state index contributed by atoms with van der Waals surface area (Å²) >= 11 is 0. The van der Waals surface area contributed by atoms with E-state index in [9.17, 15) is 0 Å². The molecule has 3 aromatic heterocycles. The number of ether oxygens (including phenoxy) is 1. The van der Waals surface area contributed by atoms with Gasteiger partial charge in [0.25, 0.3) is 0 Å². The lowest BCUT2D eigenvalue weighted by Crippen LogP contribution is -1.95. The molecule has 6 heteroatoms. The monoisotopic (exact) mass is 333 g/mol. The SMILES string of the molecule is COc1ccc(Nc2nccc3c2cc(-c2cnn(C)c2)n3C)cc1. The highest BCUT2D eigenvalue weighted by Gasteiger charge is 2.13. The Morgan fingerprint density at radius 1 is 1.08 bits per heavy atom. The van der Waals surface area contributed by atoms with Gasteiger partial charge in [0, 0.05) is 43.1 Å². The van der Waals surface area contributed by atoms with Gasteiger partial charge in [0.2, 0.25) is 0 Å². The number of rotatable bonds is 4. The Morgan fingerprint density at radius 3 is 2.56 bits per heavy atom. The molecule has 0 aliphatic carbocycles. The number of hydrogen-bond acceptors (Lipinski definition) is 4. The van der Waals surface area contributed by atoms with E-state index in [1.54, 1.807) is 7.11 Å². The Morgan fingerprint density at radius 2 is 1.88 bits per heavy atom. The summed E-state index contributed by atoms with van der Waals surface area (Å²) in [6.07, 6.45) is 5.71. The molecule has 25 heavy (non-hydrogen) atoms. The second-order valence-electron chi connectivity index (χ2n) is 5.94. The van der Waals surface area contributed by atoms with Crippen LogP contribution >= 0.6 is 0 Å². The maximum absolute atomic E-state index is 5.21. The van der Waals surface area contributed by atoms with Gasteiger partial charge in [-0.15, -0.1) is 0 Å². The highest BCUT2D eigenvalue weighted by atomic mass is 16.5. The fourth-order valence-electron chi connectivity index (χ4n) is 3.00. The molecule has 0 atom stereocenters. The number of benzene rings is 1. The Labute approximate surface area is 145 Å². The van der Waals surface area contributed by atoms with Crippen LogP contribution < -0.4 is 10.1 Å². The van der Waals surface area contributed by atoms with Crippen molar-refractivity contribution >= 4 is 22.4 Å². The maximum Gasteiger partial charge on any atom is 0.139 e. The molecule has 0 saturated carbocycles.